The fourth-order valence-electron chi connectivity index (χ4n) is 2.03. The van der Waals surface area contributed by atoms with Gasteiger partial charge < -0.3 is 10.4 Å². The molecular weight excluding hydrogens is 233 g/mol. The molecule has 2 N–H and O–H groups in total. The summed E-state index contributed by atoms with van der Waals surface area (Å²) >= 11 is 0. The van der Waals surface area contributed by atoms with Crippen LogP contribution in [0.1, 0.15) is 35.2 Å². The molecule has 3 nitrogen and oxygen atoms in total. The fraction of sp³-hybridized carbons (Fsp3) is 0.500. The van der Waals surface area contributed by atoms with Crippen molar-refractivity contribution >= 4 is 5.91 Å². The standard InChI is InChI=1S/C14H18FNO2/c1-10-2-3-11(8-12(10)15)13(18)16-9-14(4-5-14)6-7-17/h2-3,8,17H,4-7,9H2,1H3,(H,16,18). The maximum Gasteiger partial charge on any atom is 0.251 e. The van der Waals surface area contributed by atoms with Gasteiger partial charge in [-0.15, -0.1) is 0 Å². The number of aliphatic hydroxyl groups is 1. The molecule has 0 unspecified atom stereocenters. The second kappa shape index (κ2) is 5.06. The maximum absolute atomic E-state index is 13.3. The van der Waals surface area contributed by atoms with Gasteiger partial charge in [0, 0.05) is 18.7 Å². The molecule has 0 heterocycles. The van der Waals surface area contributed by atoms with E-state index in [0.717, 1.165) is 19.3 Å². The summed E-state index contributed by atoms with van der Waals surface area (Å²) in [7, 11) is 0. The lowest BCUT2D eigenvalue weighted by atomic mass is 10.0. The lowest BCUT2D eigenvalue weighted by molar-refractivity contribution is 0.0940. The number of hydrogen-bond acceptors (Lipinski definition) is 2. The number of halogens is 1. The number of rotatable bonds is 5. The van der Waals surface area contributed by atoms with Crippen LogP contribution in [-0.2, 0) is 0 Å². The van der Waals surface area contributed by atoms with Gasteiger partial charge in [0.15, 0.2) is 0 Å². The zero-order chi connectivity index (χ0) is 13.2. The van der Waals surface area contributed by atoms with Crippen molar-refractivity contribution in [3.05, 3.63) is 35.1 Å². The van der Waals surface area contributed by atoms with E-state index in [2.05, 4.69) is 5.32 Å². The number of benzene rings is 1. The number of aryl methyl sites for hydroxylation is 1. The first kappa shape index (κ1) is 13.0. The Morgan fingerprint density at radius 3 is 2.78 bits per heavy atom. The van der Waals surface area contributed by atoms with Crippen LogP contribution >= 0.6 is 0 Å². The first-order valence-electron chi connectivity index (χ1n) is 6.22. The number of hydrogen-bond donors (Lipinski definition) is 2. The summed E-state index contributed by atoms with van der Waals surface area (Å²) in [6, 6.07) is 4.49. The SMILES string of the molecule is Cc1ccc(C(=O)NCC2(CCO)CC2)cc1F. The van der Waals surface area contributed by atoms with Gasteiger partial charge in [0.2, 0.25) is 0 Å². The number of carbonyl (C=O) groups is 1. The number of carbonyl (C=O) groups excluding carboxylic acids is 1. The average molecular weight is 251 g/mol. The molecule has 1 fully saturated rings. The van der Waals surface area contributed by atoms with Crippen LogP contribution in [0, 0.1) is 18.2 Å². The van der Waals surface area contributed by atoms with Crippen LogP contribution in [-0.4, -0.2) is 24.2 Å². The Balaban J connectivity index is 1.93. The van der Waals surface area contributed by atoms with Crippen LogP contribution in [0.25, 0.3) is 0 Å². The van der Waals surface area contributed by atoms with Crippen LogP contribution < -0.4 is 5.32 Å². The Morgan fingerprint density at radius 2 is 2.22 bits per heavy atom. The molecule has 0 atom stereocenters. The second-order valence-electron chi connectivity index (χ2n) is 5.12. The van der Waals surface area contributed by atoms with Crippen molar-refractivity contribution in [3.63, 3.8) is 0 Å². The summed E-state index contributed by atoms with van der Waals surface area (Å²) in [4.78, 5) is 11.8. The molecule has 1 aliphatic rings. The van der Waals surface area contributed by atoms with E-state index in [-0.39, 0.29) is 23.7 Å². The van der Waals surface area contributed by atoms with E-state index in [4.69, 9.17) is 5.11 Å². The molecule has 4 heteroatoms. The van der Waals surface area contributed by atoms with Gasteiger partial charge in [-0.3, -0.25) is 4.79 Å². The Bertz CT molecular complexity index is 455. The first-order chi connectivity index (χ1) is 8.56. The molecule has 0 spiro atoms. The summed E-state index contributed by atoms with van der Waals surface area (Å²) in [5.41, 5.74) is 0.955. The Hall–Kier alpha value is -1.42. The molecular formula is C14H18FNO2. The largest absolute Gasteiger partial charge is 0.396 e. The molecule has 0 radical (unpaired) electrons. The predicted octanol–water partition coefficient (Wildman–Crippen LogP) is 2.03. The Morgan fingerprint density at radius 1 is 1.50 bits per heavy atom. The molecule has 1 amide bonds. The fourth-order valence-corrected chi connectivity index (χ4v) is 2.03. The summed E-state index contributed by atoms with van der Waals surface area (Å²) < 4.78 is 13.3. The van der Waals surface area contributed by atoms with Crippen molar-refractivity contribution in [2.45, 2.75) is 26.2 Å². The van der Waals surface area contributed by atoms with Crippen LogP contribution in [0.15, 0.2) is 18.2 Å². The minimum atomic E-state index is -0.362. The number of aliphatic hydroxyl groups excluding tert-OH is 1. The van der Waals surface area contributed by atoms with Crippen molar-refractivity contribution < 1.29 is 14.3 Å². The van der Waals surface area contributed by atoms with Gasteiger partial charge in [-0.2, -0.15) is 0 Å². The second-order valence-corrected chi connectivity index (χ2v) is 5.12. The van der Waals surface area contributed by atoms with E-state index >= 15 is 0 Å². The highest BCUT2D eigenvalue weighted by molar-refractivity contribution is 5.94. The predicted molar refractivity (Wildman–Crippen MR) is 66.8 cm³/mol. The van der Waals surface area contributed by atoms with Crippen molar-refractivity contribution in [2.75, 3.05) is 13.2 Å². The monoisotopic (exact) mass is 251 g/mol. The Kier molecular flexibility index (Phi) is 3.66. The number of amides is 1. The van der Waals surface area contributed by atoms with Crippen molar-refractivity contribution in [3.8, 4) is 0 Å². The molecule has 0 aliphatic heterocycles. The van der Waals surface area contributed by atoms with Crippen molar-refractivity contribution in [1.29, 1.82) is 0 Å². The van der Waals surface area contributed by atoms with Crippen molar-refractivity contribution in [2.24, 2.45) is 5.41 Å². The summed E-state index contributed by atoms with van der Waals surface area (Å²) in [6.45, 7) is 2.37. The molecule has 2 rings (SSSR count). The van der Waals surface area contributed by atoms with Crippen LogP contribution in [0.5, 0.6) is 0 Å². The number of nitrogens with one attached hydrogen (secondary N) is 1. The minimum absolute atomic E-state index is 0.0770. The molecule has 18 heavy (non-hydrogen) atoms. The van der Waals surface area contributed by atoms with E-state index in [9.17, 15) is 9.18 Å². The molecule has 1 aromatic carbocycles. The third kappa shape index (κ3) is 2.88. The van der Waals surface area contributed by atoms with E-state index in [1.54, 1.807) is 19.1 Å². The molecule has 1 aliphatic carbocycles. The van der Waals surface area contributed by atoms with Gasteiger partial charge >= 0.3 is 0 Å². The topological polar surface area (TPSA) is 49.3 Å². The third-order valence-electron chi connectivity index (χ3n) is 3.66. The van der Waals surface area contributed by atoms with Gasteiger partial charge in [0.25, 0.3) is 5.91 Å². The molecule has 0 bridgehead atoms. The van der Waals surface area contributed by atoms with E-state index in [1.165, 1.54) is 6.07 Å². The average Bonchev–Trinajstić information content (AvgIpc) is 3.11. The van der Waals surface area contributed by atoms with E-state index in [0.29, 0.717) is 17.7 Å². The van der Waals surface area contributed by atoms with Gasteiger partial charge in [0.05, 0.1) is 0 Å². The summed E-state index contributed by atoms with van der Waals surface area (Å²) in [6.07, 6.45) is 2.79. The van der Waals surface area contributed by atoms with Crippen molar-refractivity contribution in [1.82, 2.24) is 5.32 Å². The molecule has 1 aromatic rings. The van der Waals surface area contributed by atoms with Gasteiger partial charge in [0.1, 0.15) is 5.82 Å². The minimum Gasteiger partial charge on any atom is -0.396 e. The summed E-state index contributed by atoms with van der Waals surface area (Å²) in [5, 5.41) is 11.7. The lowest BCUT2D eigenvalue weighted by Crippen LogP contribution is -2.30. The van der Waals surface area contributed by atoms with Crippen LogP contribution in [0.2, 0.25) is 0 Å². The lowest BCUT2D eigenvalue weighted by Gasteiger charge is -2.14. The van der Waals surface area contributed by atoms with Crippen LogP contribution in [0.4, 0.5) is 4.39 Å². The normalized spacial score (nSPS) is 16.4. The highest BCUT2D eigenvalue weighted by atomic mass is 19.1. The summed E-state index contributed by atoms with van der Waals surface area (Å²) in [5.74, 6) is -0.614. The molecule has 0 aromatic heterocycles. The van der Waals surface area contributed by atoms with E-state index < -0.39 is 0 Å². The van der Waals surface area contributed by atoms with Crippen LogP contribution in [0.3, 0.4) is 0 Å². The van der Waals surface area contributed by atoms with Gasteiger partial charge in [-0.05, 0) is 49.3 Å². The maximum atomic E-state index is 13.3. The molecule has 98 valence electrons. The van der Waals surface area contributed by atoms with Gasteiger partial charge in [-0.1, -0.05) is 6.07 Å². The van der Waals surface area contributed by atoms with Gasteiger partial charge in [-0.25, -0.2) is 4.39 Å². The first-order valence-corrected chi connectivity index (χ1v) is 6.22. The quantitative estimate of drug-likeness (QED) is 0.841. The Labute approximate surface area is 106 Å². The zero-order valence-electron chi connectivity index (χ0n) is 10.5. The molecule has 0 saturated heterocycles. The highest BCUT2D eigenvalue weighted by Crippen LogP contribution is 2.47. The third-order valence-corrected chi connectivity index (χ3v) is 3.66. The molecule has 1 saturated carbocycles. The highest BCUT2D eigenvalue weighted by Gasteiger charge is 2.41. The van der Waals surface area contributed by atoms with E-state index in [1.807, 2.05) is 0 Å². The zero-order valence-corrected chi connectivity index (χ0v) is 10.5. The smallest absolute Gasteiger partial charge is 0.251 e.